The number of hydrogen-bond acceptors (Lipinski definition) is 3. The highest BCUT2D eigenvalue weighted by Gasteiger charge is 2.45. The molecule has 3 aliphatic rings. The maximum atomic E-state index is 10.1. The summed E-state index contributed by atoms with van der Waals surface area (Å²) >= 11 is 0. The summed E-state index contributed by atoms with van der Waals surface area (Å²) in [6.07, 6.45) is 14.5. The zero-order valence-corrected chi connectivity index (χ0v) is 19.5. The molecule has 0 aromatic heterocycles. The first kappa shape index (κ1) is 23.5. The molecule has 2 saturated carbocycles. The fourth-order valence-electron chi connectivity index (χ4n) is 6.08. The monoisotopic (exact) mass is 414 g/mol. The van der Waals surface area contributed by atoms with Crippen molar-refractivity contribution in [2.45, 2.75) is 103 Å². The molecule has 0 aliphatic heterocycles. The first-order valence-electron chi connectivity index (χ1n) is 11.9. The second-order valence-electron chi connectivity index (χ2n) is 10.9. The molecule has 0 saturated heterocycles. The summed E-state index contributed by atoms with van der Waals surface area (Å²) < 4.78 is 0. The molecule has 3 heteroatoms. The summed E-state index contributed by atoms with van der Waals surface area (Å²) in [6.45, 7) is 12.7. The predicted molar refractivity (Wildman–Crippen MR) is 124 cm³/mol. The van der Waals surface area contributed by atoms with E-state index in [-0.39, 0.29) is 5.41 Å². The van der Waals surface area contributed by atoms with E-state index >= 15 is 0 Å². The van der Waals surface area contributed by atoms with Crippen molar-refractivity contribution in [2.75, 3.05) is 0 Å². The normalized spacial score (nSPS) is 36.2. The molecule has 0 spiro atoms. The van der Waals surface area contributed by atoms with E-state index in [1.807, 2.05) is 13.8 Å². The lowest BCUT2D eigenvalue weighted by atomic mass is 9.62. The SMILES string of the molecule is C=C1/C(=C\C=C2/CCC[C@]3(C)C([C@@H](C)CCCC(C)(C)O)=CC[C@@H]23)C[C@@H](O)C[C@@H]1O. The number of fused-ring (bicyclic) bond motifs is 1. The van der Waals surface area contributed by atoms with Crippen molar-refractivity contribution < 1.29 is 15.3 Å². The molecule has 3 aliphatic carbocycles. The van der Waals surface area contributed by atoms with E-state index in [4.69, 9.17) is 0 Å². The van der Waals surface area contributed by atoms with Gasteiger partial charge in [0.15, 0.2) is 0 Å². The van der Waals surface area contributed by atoms with Gasteiger partial charge in [0, 0.05) is 6.42 Å². The minimum atomic E-state index is -0.625. The second-order valence-corrected chi connectivity index (χ2v) is 10.9. The van der Waals surface area contributed by atoms with Crippen LogP contribution in [-0.2, 0) is 0 Å². The molecule has 0 radical (unpaired) electrons. The molecule has 3 N–H and O–H groups in total. The molecule has 0 amide bonds. The van der Waals surface area contributed by atoms with Crippen molar-refractivity contribution in [3.05, 3.63) is 47.1 Å². The molecule has 168 valence electrons. The molecule has 5 atom stereocenters. The Labute approximate surface area is 183 Å². The summed E-state index contributed by atoms with van der Waals surface area (Å²) in [6, 6.07) is 0. The van der Waals surface area contributed by atoms with Gasteiger partial charge in [-0.15, -0.1) is 0 Å². The van der Waals surface area contributed by atoms with Crippen molar-refractivity contribution in [3.63, 3.8) is 0 Å². The average molecular weight is 415 g/mol. The molecule has 30 heavy (non-hydrogen) atoms. The van der Waals surface area contributed by atoms with Crippen LogP contribution in [0, 0.1) is 17.3 Å². The highest BCUT2D eigenvalue weighted by atomic mass is 16.3. The van der Waals surface area contributed by atoms with Gasteiger partial charge in [-0.2, -0.15) is 0 Å². The standard InChI is InChI=1S/C27H42O3/c1-18(8-6-14-26(3,4)30)23-12-13-24-20(9-7-15-27(23,24)5)10-11-21-16-22(28)17-25(29)19(21)2/h10-12,18,22,24-25,28-30H,2,6-9,13-17H2,1,3-5H3/b20-10+,21-11-/t18-,22+,24-,25-,27+/m0/s1. The molecule has 0 unspecified atom stereocenters. The number of aliphatic hydroxyl groups excluding tert-OH is 2. The van der Waals surface area contributed by atoms with Crippen LogP contribution in [0.1, 0.15) is 85.5 Å². The Morgan fingerprint density at radius 1 is 1.30 bits per heavy atom. The molecule has 3 nitrogen and oxygen atoms in total. The van der Waals surface area contributed by atoms with Gasteiger partial charge in [-0.3, -0.25) is 0 Å². The Morgan fingerprint density at radius 2 is 2.03 bits per heavy atom. The summed E-state index contributed by atoms with van der Waals surface area (Å²) in [4.78, 5) is 0. The van der Waals surface area contributed by atoms with Crippen molar-refractivity contribution in [2.24, 2.45) is 17.3 Å². The van der Waals surface area contributed by atoms with Crippen molar-refractivity contribution in [3.8, 4) is 0 Å². The fourth-order valence-corrected chi connectivity index (χ4v) is 6.08. The van der Waals surface area contributed by atoms with E-state index in [1.54, 1.807) is 5.57 Å². The Bertz CT molecular complexity index is 736. The third-order valence-corrected chi connectivity index (χ3v) is 7.83. The van der Waals surface area contributed by atoms with Crippen LogP contribution in [-0.4, -0.2) is 33.1 Å². The van der Waals surface area contributed by atoms with Crippen LogP contribution >= 0.6 is 0 Å². The summed E-state index contributed by atoms with van der Waals surface area (Å²) in [5, 5.41) is 30.2. The van der Waals surface area contributed by atoms with Gasteiger partial charge in [-0.05, 0) is 87.2 Å². The summed E-state index contributed by atoms with van der Waals surface area (Å²) in [5.74, 6) is 1.12. The van der Waals surface area contributed by atoms with Gasteiger partial charge in [0.05, 0.1) is 17.8 Å². The maximum Gasteiger partial charge on any atom is 0.0811 e. The van der Waals surface area contributed by atoms with E-state index in [0.29, 0.717) is 24.7 Å². The predicted octanol–water partition coefficient (Wildman–Crippen LogP) is 5.62. The quantitative estimate of drug-likeness (QED) is 0.494. The highest BCUT2D eigenvalue weighted by molar-refractivity contribution is 5.40. The topological polar surface area (TPSA) is 60.7 Å². The molecule has 0 heterocycles. The van der Waals surface area contributed by atoms with Crippen molar-refractivity contribution in [1.82, 2.24) is 0 Å². The molecule has 0 aromatic carbocycles. The molecular formula is C27H42O3. The first-order chi connectivity index (χ1) is 14.0. The van der Waals surface area contributed by atoms with Crippen LogP contribution in [0.2, 0.25) is 0 Å². The number of aliphatic hydroxyl groups is 3. The maximum absolute atomic E-state index is 10.1. The summed E-state index contributed by atoms with van der Waals surface area (Å²) in [7, 11) is 0. The van der Waals surface area contributed by atoms with Gasteiger partial charge in [0.25, 0.3) is 0 Å². The number of rotatable bonds is 6. The number of allylic oxidation sites excluding steroid dienone is 5. The highest BCUT2D eigenvalue weighted by Crippen LogP contribution is 2.57. The van der Waals surface area contributed by atoms with Crippen LogP contribution in [0.5, 0.6) is 0 Å². The van der Waals surface area contributed by atoms with Gasteiger partial charge in [0.1, 0.15) is 0 Å². The lowest BCUT2D eigenvalue weighted by Crippen LogP contribution is -2.32. The van der Waals surface area contributed by atoms with E-state index in [0.717, 1.165) is 43.3 Å². The fraction of sp³-hybridized carbons (Fsp3) is 0.704. The molecule has 0 bridgehead atoms. The van der Waals surface area contributed by atoms with E-state index in [9.17, 15) is 15.3 Å². The Balaban J connectivity index is 1.71. The lowest BCUT2D eigenvalue weighted by molar-refractivity contribution is 0.0670. The lowest BCUT2D eigenvalue weighted by Gasteiger charge is -2.42. The van der Waals surface area contributed by atoms with Crippen LogP contribution in [0.4, 0.5) is 0 Å². The van der Waals surface area contributed by atoms with Gasteiger partial charge in [-0.1, -0.05) is 56.2 Å². The van der Waals surface area contributed by atoms with Gasteiger partial charge >= 0.3 is 0 Å². The molecular weight excluding hydrogens is 372 g/mol. The third-order valence-electron chi connectivity index (χ3n) is 7.83. The minimum Gasteiger partial charge on any atom is -0.393 e. The van der Waals surface area contributed by atoms with Crippen LogP contribution < -0.4 is 0 Å². The van der Waals surface area contributed by atoms with E-state index in [1.165, 1.54) is 18.4 Å². The van der Waals surface area contributed by atoms with Gasteiger partial charge in [0.2, 0.25) is 0 Å². The van der Waals surface area contributed by atoms with Crippen LogP contribution in [0.3, 0.4) is 0 Å². The Kier molecular flexibility index (Phi) is 7.16. The molecule has 0 aromatic rings. The van der Waals surface area contributed by atoms with E-state index in [2.05, 4.69) is 38.7 Å². The summed E-state index contributed by atoms with van der Waals surface area (Å²) in [5.41, 5.74) is 4.55. The van der Waals surface area contributed by atoms with Gasteiger partial charge in [-0.25, -0.2) is 0 Å². The smallest absolute Gasteiger partial charge is 0.0811 e. The third kappa shape index (κ3) is 5.18. The van der Waals surface area contributed by atoms with Crippen LogP contribution in [0.25, 0.3) is 0 Å². The zero-order chi connectivity index (χ0) is 22.1. The zero-order valence-electron chi connectivity index (χ0n) is 19.5. The second kappa shape index (κ2) is 9.14. The van der Waals surface area contributed by atoms with Crippen molar-refractivity contribution in [1.29, 1.82) is 0 Å². The largest absolute Gasteiger partial charge is 0.393 e. The Hall–Kier alpha value is -1.16. The molecule has 2 fully saturated rings. The molecule has 3 rings (SSSR count). The van der Waals surface area contributed by atoms with Crippen molar-refractivity contribution >= 4 is 0 Å². The average Bonchev–Trinajstić information content (AvgIpc) is 3.00. The number of hydrogen-bond donors (Lipinski definition) is 3. The first-order valence-corrected chi connectivity index (χ1v) is 11.9. The van der Waals surface area contributed by atoms with Crippen LogP contribution in [0.15, 0.2) is 47.1 Å². The van der Waals surface area contributed by atoms with E-state index < -0.39 is 17.8 Å². The van der Waals surface area contributed by atoms with Gasteiger partial charge < -0.3 is 15.3 Å². The Morgan fingerprint density at radius 3 is 2.73 bits per heavy atom. The minimum absolute atomic E-state index is 0.235.